The topological polar surface area (TPSA) is 37.1 Å². The van der Waals surface area contributed by atoms with Crippen LogP contribution in [0.3, 0.4) is 0 Å². The number of hydrogen-bond acceptors (Lipinski definition) is 2. The third kappa shape index (κ3) is 3.13. The summed E-state index contributed by atoms with van der Waals surface area (Å²) in [7, 11) is -3.45. The zero-order valence-corrected chi connectivity index (χ0v) is 15.5. The van der Waals surface area contributed by atoms with Crippen molar-refractivity contribution in [1.82, 2.24) is 4.31 Å². The van der Waals surface area contributed by atoms with Gasteiger partial charge in [-0.2, -0.15) is 4.31 Å². The number of nitrogens with zero attached hydrogens (tertiary/aromatic N) is 1. The Hall–Kier alpha value is -1.65. The molecule has 3 nitrogen and oxygen atoms in total. The van der Waals surface area contributed by atoms with Crippen molar-refractivity contribution in [3.05, 3.63) is 65.7 Å². The van der Waals surface area contributed by atoms with Gasteiger partial charge in [0.15, 0.2) is 0 Å². The average molecular weight is 356 g/mol. The van der Waals surface area contributed by atoms with E-state index in [0.29, 0.717) is 10.8 Å². The van der Waals surface area contributed by atoms with E-state index in [1.807, 2.05) is 37.3 Å². The van der Waals surface area contributed by atoms with Gasteiger partial charge in [-0.1, -0.05) is 67.3 Å². The molecule has 0 amide bonds. The molecule has 3 atom stereocenters. The number of benzene rings is 2. The highest BCUT2D eigenvalue weighted by Gasteiger charge is 2.58. The molecule has 0 spiro atoms. The molecular weight excluding hydrogens is 330 g/mol. The van der Waals surface area contributed by atoms with Crippen molar-refractivity contribution >= 4 is 10.0 Å². The molecule has 2 aromatic carbocycles. The Morgan fingerprint density at radius 1 is 0.880 bits per heavy atom. The maximum atomic E-state index is 13.3. The van der Waals surface area contributed by atoms with Crippen molar-refractivity contribution in [2.75, 3.05) is 0 Å². The molecule has 0 N–H and O–H groups in total. The summed E-state index contributed by atoms with van der Waals surface area (Å²) >= 11 is 0. The molecule has 0 bridgehead atoms. The molecule has 4 rings (SSSR count). The minimum atomic E-state index is -3.45. The van der Waals surface area contributed by atoms with Gasteiger partial charge in [0.1, 0.15) is 0 Å². The van der Waals surface area contributed by atoms with Gasteiger partial charge < -0.3 is 0 Å². The number of hydrogen-bond donors (Lipinski definition) is 0. The van der Waals surface area contributed by atoms with Gasteiger partial charge in [0, 0.05) is 6.04 Å². The van der Waals surface area contributed by atoms with Crippen molar-refractivity contribution < 1.29 is 8.42 Å². The van der Waals surface area contributed by atoms with Crippen molar-refractivity contribution in [1.29, 1.82) is 0 Å². The largest absolute Gasteiger partial charge is 0.244 e. The monoisotopic (exact) mass is 355 g/mol. The van der Waals surface area contributed by atoms with E-state index in [2.05, 4.69) is 12.1 Å². The number of sulfonamides is 1. The summed E-state index contributed by atoms with van der Waals surface area (Å²) in [6, 6.07) is 17.5. The lowest BCUT2D eigenvalue weighted by Gasteiger charge is -2.21. The second kappa shape index (κ2) is 6.58. The van der Waals surface area contributed by atoms with E-state index in [1.54, 1.807) is 16.4 Å². The van der Waals surface area contributed by atoms with Gasteiger partial charge in [-0.05, 0) is 43.4 Å². The van der Waals surface area contributed by atoms with Crippen molar-refractivity contribution in [3.8, 4) is 0 Å². The molecule has 132 valence electrons. The Morgan fingerprint density at radius 3 is 2.16 bits per heavy atom. The van der Waals surface area contributed by atoms with E-state index in [4.69, 9.17) is 0 Å². The highest BCUT2D eigenvalue weighted by atomic mass is 32.2. The maximum Gasteiger partial charge on any atom is 0.244 e. The van der Waals surface area contributed by atoms with Crippen LogP contribution in [-0.2, 0) is 10.0 Å². The highest BCUT2D eigenvalue weighted by Crippen LogP contribution is 2.53. The molecule has 1 saturated carbocycles. The van der Waals surface area contributed by atoms with Gasteiger partial charge in [-0.25, -0.2) is 8.42 Å². The summed E-state index contributed by atoms with van der Waals surface area (Å²) < 4.78 is 28.3. The molecule has 0 radical (unpaired) electrons. The Kier molecular flexibility index (Phi) is 4.42. The Labute approximate surface area is 150 Å². The van der Waals surface area contributed by atoms with Crippen LogP contribution >= 0.6 is 0 Å². The molecule has 25 heavy (non-hydrogen) atoms. The molecule has 2 aromatic rings. The summed E-state index contributed by atoms with van der Waals surface area (Å²) in [5.41, 5.74) is 2.20. The average Bonchev–Trinajstić information content (AvgIpc) is 3.40. The summed E-state index contributed by atoms with van der Waals surface area (Å²) in [5.74, 6) is 0.485. The van der Waals surface area contributed by atoms with E-state index in [0.717, 1.165) is 24.0 Å². The van der Waals surface area contributed by atoms with Crippen LogP contribution < -0.4 is 0 Å². The first-order valence-corrected chi connectivity index (χ1v) is 10.7. The zero-order chi connectivity index (χ0) is 17.4. The third-order valence-electron chi connectivity index (χ3n) is 5.67. The second-order valence-corrected chi connectivity index (χ2v) is 9.24. The van der Waals surface area contributed by atoms with E-state index < -0.39 is 10.0 Å². The summed E-state index contributed by atoms with van der Waals surface area (Å²) in [6.07, 6.45) is 6.02. The Morgan fingerprint density at radius 2 is 1.52 bits per heavy atom. The molecule has 1 saturated heterocycles. The number of aryl methyl sites for hydroxylation is 1. The van der Waals surface area contributed by atoms with E-state index in [9.17, 15) is 8.42 Å². The smallest absolute Gasteiger partial charge is 0.207 e. The minimum absolute atomic E-state index is 0.00407. The molecule has 1 heterocycles. The maximum absolute atomic E-state index is 13.3. The zero-order valence-electron chi connectivity index (χ0n) is 14.6. The Balaban J connectivity index is 1.68. The molecule has 3 unspecified atom stereocenters. The molecule has 4 heteroatoms. The lowest BCUT2D eigenvalue weighted by molar-refractivity contribution is 0.335. The fourth-order valence-corrected chi connectivity index (χ4v) is 6.13. The van der Waals surface area contributed by atoms with Crippen LogP contribution in [0, 0.1) is 12.8 Å². The summed E-state index contributed by atoms with van der Waals surface area (Å²) in [6.45, 7) is 1.98. The van der Waals surface area contributed by atoms with E-state index in [1.165, 1.54) is 19.3 Å². The normalized spacial score (nSPS) is 27.2. The molecule has 1 aliphatic carbocycles. The van der Waals surface area contributed by atoms with Crippen LogP contribution in [0.1, 0.15) is 49.3 Å². The van der Waals surface area contributed by atoms with Gasteiger partial charge in [0.2, 0.25) is 10.0 Å². The SMILES string of the molecule is Cc1ccc(S(=O)(=O)N2C(c3ccccc3)C2C2CCCCC2)cc1. The molecule has 2 aliphatic rings. The van der Waals surface area contributed by atoms with Gasteiger partial charge in [-0.3, -0.25) is 0 Å². The first-order chi connectivity index (χ1) is 12.1. The first kappa shape index (κ1) is 16.8. The standard InChI is InChI=1S/C21H25NO2S/c1-16-12-14-19(15-13-16)25(23,24)22-20(17-8-4-2-5-9-17)21(22)18-10-6-3-7-11-18/h2,4-5,8-9,12-15,18,20-21H,3,6-7,10-11H2,1H3. The fourth-order valence-electron chi connectivity index (χ4n) is 4.31. The second-order valence-electron chi connectivity index (χ2n) is 7.39. The Bertz CT molecular complexity index is 824. The minimum Gasteiger partial charge on any atom is -0.207 e. The fraction of sp³-hybridized carbons (Fsp3) is 0.429. The first-order valence-electron chi connectivity index (χ1n) is 9.24. The van der Waals surface area contributed by atoms with Crippen LogP contribution in [0.25, 0.3) is 0 Å². The third-order valence-corrected chi connectivity index (χ3v) is 7.57. The summed E-state index contributed by atoms with van der Waals surface area (Å²) in [4.78, 5) is 0.414. The van der Waals surface area contributed by atoms with Crippen LogP contribution in [0.4, 0.5) is 0 Å². The van der Waals surface area contributed by atoms with E-state index >= 15 is 0 Å². The molecule has 1 aliphatic heterocycles. The lowest BCUT2D eigenvalue weighted by Crippen LogP contribution is -2.21. The van der Waals surface area contributed by atoms with Gasteiger partial charge in [0.05, 0.1) is 10.9 Å². The van der Waals surface area contributed by atoms with Gasteiger partial charge in [0.25, 0.3) is 0 Å². The highest BCUT2D eigenvalue weighted by molar-refractivity contribution is 7.89. The predicted molar refractivity (Wildman–Crippen MR) is 99.7 cm³/mol. The van der Waals surface area contributed by atoms with Crippen molar-refractivity contribution in [2.24, 2.45) is 5.92 Å². The van der Waals surface area contributed by atoms with E-state index in [-0.39, 0.29) is 12.1 Å². The quantitative estimate of drug-likeness (QED) is 0.746. The molecular formula is C21H25NO2S. The van der Waals surface area contributed by atoms with Crippen LogP contribution in [0.5, 0.6) is 0 Å². The number of rotatable bonds is 4. The van der Waals surface area contributed by atoms with Crippen LogP contribution in [0.2, 0.25) is 0 Å². The molecule has 2 fully saturated rings. The van der Waals surface area contributed by atoms with Crippen LogP contribution in [-0.4, -0.2) is 18.8 Å². The van der Waals surface area contributed by atoms with Gasteiger partial charge >= 0.3 is 0 Å². The lowest BCUT2D eigenvalue weighted by atomic mass is 9.85. The van der Waals surface area contributed by atoms with Crippen molar-refractivity contribution in [2.45, 2.75) is 56.0 Å². The summed E-state index contributed by atoms with van der Waals surface area (Å²) in [5, 5.41) is 0. The van der Waals surface area contributed by atoms with Crippen LogP contribution in [0.15, 0.2) is 59.5 Å². The van der Waals surface area contributed by atoms with Crippen molar-refractivity contribution in [3.63, 3.8) is 0 Å². The van der Waals surface area contributed by atoms with Gasteiger partial charge in [-0.15, -0.1) is 0 Å². The predicted octanol–water partition coefficient (Wildman–Crippen LogP) is 4.69. The molecule has 0 aromatic heterocycles.